The lowest BCUT2D eigenvalue weighted by Gasteiger charge is -2.31. The van der Waals surface area contributed by atoms with E-state index in [1.165, 1.54) is 18.2 Å². The molecule has 2 aromatic carbocycles. The Hall–Kier alpha value is -3.62. The predicted octanol–water partition coefficient (Wildman–Crippen LogP) is 5.76. The van der Waals surface area contributed by atoms with Crippen LogP contribution >= 0.6 is 0 Å². The number of benzene rings is 2. The molecule has 1 aromatic heterocycles. The standard InChI is InChI=1S/C26H27F3N2O4/c1-5-25(3,4)22(24(33)34)31-23(32)18-10-11-20-19(12-15(2)13-30-20)21(18)35-14-16-6-8-17(9-7-16)26(27,28)29/h6-13,22H,5,14H2,1-4H3,(H,31,32)(H,33,34). The Morgan fingerprint density at radius 1 is 1.11 bits per heavy atom. The fourth-order valence-corrected chi connectivity index (χ4v) is 3.56. The van der Waals surface area contributed by atoms with Crippen LogP contribution in [0.5, 0.6) is 5.75 Å². The summed E-state index contributed by atoms with van der Waals surface area (Å²) < 4.78 is 44.6. The number of nitrogens with zero attached hydrogens (tertiary/aromatic N) is 1. The van der Waals surface area contributed by atoms with E-state index in [4.69, 9.17) is 4.74 Å². The molecule has 0 aliphatic heterocycles. The second kappa shape index (κ2) is 9.93. The number of aromatic nitrogens is 1. The number of aryl methyl sites for hydroxylation is 1. The number of carboxylic acid groups (broad SMARTS) is 1. The molecule has 1 heterocycles. The molecule has 186 valence electrons. The number of hydrogen-bond acceptors (Lipinski definition) is 4. The minimum atomic E-state index is -4.45. The molecule has 3 aromatic rings. The van der Waals surface area contributed by atoms with E-state index in [1.807, 2.05) is 13.8 Å². The number of ether oxygens (including phenoxy) is 1. The van der Waals surface area contributed by atoms with E-state index in [0.29, 0.717) is 22.9 Å². The maximum Gasteiger partial charge on any atom is 0.416 e. The van der Waals surface area contributed by atoms with Crippen LogP contribution in [0.3, 0.4) is 0 Å². The van der Waals surface area contributed by atoms with Gasteiger partial charge in [0.2, 0.25) is 0 Å². The predicted molar refractivity (Wildman–Crippen MR) is 125 cm³/mol. The molecular formula is C26H27F3N2O4. The molecule has 1 amide bonds. The van der Waals surface area contributed by atoms with Crippen molar-refractivity contribution in [3.05, 3.63) is 70.9 Å². The van der Waals surface area contributed by atoms with Crippen molar-refractivity contribution in [2.45, 2.75) is 52.9 Å². The highest BCUT2D eigenvalue weighted by molar-refractivity contribution is 6.04. The van der Waals surface area contributed by atoms with Gasteiger partial charge in [-0.25, -0.2) is 4.79 Å². The van der Waals surface area contributed by atoms with Crippen molar-refractivity contribution in [1.29, 1.82) is 0 Å². The van der Waals surface area contributed by atoms with Crippen LogP contribution in [0.2, 0.25) is 0 Å². The van der Waals surface area contributed by atoms with Gasteiger partial charge in [0.1, 0.15) is 18.4 Å². The number of aliphatic carboxylic acids is 1. The third-order valence-electron chi connectivity index (χ3n) is 6.08. The number of rotatable bonds is 8. The molecule has 6 nitrogen and oxygen atoms in total. The average molecular weight is 489 g/mol. The largest absolute Gasteiger partial charge is 0.487 e. The van der Waals surface area contributed by atoms with E-state index in [1.54, 1.807) is 32.2 Å². The Labute approximate surface area is 201 Å². The summed E-state index contributed by atoms with van der Waals surface area (Å²) in [7, 11) is 0. The number of carboxylic acids is 1. The summed E-state index contributed by atoms with van der Waals surface area (Å²) in [6.45, 7) is 7.06. The molecule has 0 radical (unpaired) electrons. The number of carbonyl (C=O) groups excluding carboxylic acids is 1. The first-order chi connectivity index (χ1) is 16.3. The number of amides is 1. The minimum Gasteiger partial charge on any atom is -0.487 e. The van der Waals surface area contributed by atoms with Crippen LogP contribution in [-0.4, -0.2) is 28.0 Å². The average Bonchev–Trinajstić information content (AvgIpc) is 2.80. The summed E-state index contributed by atoms with van der Waals surface area (Å²) in [4.78, 5) is 29.5. The zero-order chi connectivity index (χ0) is 26.0. The van der Waals surface area contributed by atoms with Crippen molar-refractivity contribution < 1.29 is 32.6 Å². The number of fused-ring (bicyclic) bond motifs is 1. The number of halogens is 3. The highest BCUT2D eigenvalue weighted by atomic mass is 19.4. The quantitative estimate of drug-likeness (QED) is 0.421. The fourth-order valence-electron chi connectivity index (χ4n) is 3.56. The van der Waals surface area contributed by atoms with Crippen LogP contribution in [0.25, 0.3) is 10.9 Å². The zero-order valence-electron chi connectivity index (χ0n) is 19.9. The smallest absolute Gasteiger partial charge is 0.416 e. The fraction of sp³-hybridized carbons (Fsp3) is 0.346. The van der Waals surface area contributed by atoms with Crippen molar-refractivity contribution in [3.63, 3.8) is 0 Å². The molecule has 0 aliphatic rings. The van der Waals surface area contributed by atoms with Gasteiger partial charge in [-0.3, -0.25) is 9.78 Å². The molecule has 2 N–H and O–H groups in total. The number of hydrogen-bond donors (Lipinski definition) is 2. The Kier molecular flexibility index (Phi) is 7.38. The lowest BCUT2D eigenvalue weighted by molar-refractivity contribution is -0.142. The zero-order valence-corrected chi connectivity index (χ0v) is 19.9. The summed E-state index contributed by atoms with van der Waals surface area (Å²) in [5.41, 5.74) is 0.456. The van der Waals surface area contributed by atoms with Gasteiger partial charge < -0.3 is 15.2 Å². The lowest BCUT2D eigenvalue weighted by Crippen LogP contribution is -2.50. The van der Waals surface area contributed by atoms with Crippen molar-refractivity contribution in [2.24, 2.45) is 5.41 Å². The molecule has 3 rings (SSSR count). The van der Waals surface area contributed by atoms with Gasteiger partial charge >= 0.3 is 12.1 Å². The number of carbonyl (C=O) groups is 2. The third-order valence-corrected chi connectivity index (χ3v) is 6.08. The minimum absolute atomic E-state index is 0.103. The number of nitrogens with one attached hydrogen (secondary N) is 1. The number of alkyl halides is 3. The van der Waals surface area contributed by atoms with Crippen molar-refractivity contribution in [3.8, 4) is 5.75 Å². The van der Waals surface area contributed by atoms with E-state index in [2.05, 4.69) is 10.3 Å². The molecule has 0 saturated heterocycles. The van der Waals surface area contributed by atoms with Gasteiger partial charge in [0.05, 0.1) is 16.6 Å². The van der Waals surface area contributed by atoms with E-state index in [0.717, 1.165) is 17.7 Å². The van der Waals surface area contributed by atoms with Gasteiger partial charge in [0.25, 0.3) is 5.91 Å². The van der Waals surface area contributed by atoms with Gasteiger partial charge in [-0.2, -0.15) is 13.2 Å². The molecule has 0 aliphatic carbocycles. The van der Waals surface area contributed by atoms with Crippen LogP contribution in [0, 0.1) is 12.3 Å². The van der Waals surface area contributed by atoms with Crippen molar-refractivity contribution in [1.82, 2.24) is 10.3 Å². The summed E-state index contributed by atoms with van der Waals surface area (Å²) in [6.07, 6.45) is -2.27. The van der Waals surface area contributed by atoms with Gasteiger partial charge in [0, 0.05) is 11.6 Å². The van der Waals surface area contributed by atoms with Gasteiger partial charge in [0.15, 0.2) is 0 Å². The normalized spacial score (nSPS) is 12.9. The van der Waals surface area contributed by atoms with Crippen LogP contribution in [0.1, 0.15) is 54.2 Å². The van der Waals surface area contributed by atoms with E-state index in [9.17, 15) is 27.9 Å². The van der Waals surface area contributed by atoms with Crippen molar-refractivity contribution in [2.75, 3.05) is 0 Å². The first-order valence-corrected chi connectivity index (χ1v) is 11.1. The highest BCUT2D eigenvalue weighted by Gasteiger charge is 2.36. The lowest BCUT2D eigenvalue weighted by atomic mass is 9.81. The second-order valence-corrected chi connectivity index (χ2v) is 9.09. The van der Waals surface area contributed by atoms with Gasteiger partial charge in [-0.05, 0) is 60.2 Å². The molecule has 0 spiro atoms. The Bertz CT molecular complexity index is 1240. The number of pyridine rings is 1. The molecule has 1 unspecified atom stereocenters. The first kappa shape index (κ1) is 26.0. The van der Waals surface area contributed by atoms with E-state index in [-0.39, 0.29) is 17.9 Å². The maximum atomic E-state index is 13.2. The summed E-state index contributed by atoms with van der Waals surface area (Å²) in [5, 5.41) is 12.8. The van der Waals surface area contributed by atoms with Crippen LogP contribution < -0.4 is 10.1 Å². The molecule has 1 atom stereocenters. The third kappa shape index (κ3) is 5.90. The summed E-state index contributed by atoms with van der Waals surface area (Å²) in [5.74, 6) is -1.62. The molecular weight excluding hydrogens is 461 g/mol. The topological polar surface area (TPSA) is 88.5 Å². The van der Waals surface area contributed by atoms with E-state index < -0.39 is 35.1 Å². The molecule has 0 bridgehead atoms. The van der Waals surface area contributed by atoms with Gasteiger partial charge in [-0.15, -0.1) is 0 Å². The SMILES string of the molecule is CCC(C)(C)C(NC(=O)c1ccc2ncc(C)cc2c1OCc1ccc(C(F)(F)F)cc1)C(=O)O. The van der Waals surface area contributed by atoms with Crippen LogP contribution in [0.15, 0.2) is 48.7 Å². The van der Waals surface area contributed by atoms with Crippen LogP contribution in [-0.2, 0) is 17.6 Å². The Morgan fingerprint density at radius 3 is 2.34 bits per heavy atom. The Morgan fingerprint density at radius 2 is 1.77 bits per heavy atom. The molecule has 9 heteroatoms. The second-order valence-electron chi connectivity index (χ2n) is 9.09. The van der Waals surface area contributed by atoms with Gasteiger partial charge in [-0.1, -0.05) is 32.9 Å². The van der Waals surface area contributed by atoms with Crippen molar-refractivity contribution >= 4 is 22.8 Å². The summed E-state index contributed by atoms with van der Waals surface area (Å²) >= 11 is 0. The molecule has 0 saturated carbocycles. The summed E-state index contributed by atoms with van der Waals surface area (Å²) in [6, 6.07) is 8.31. The Balaban J connectivity index is 1.98. The molecule has 0 fully saturated rings. The molecule has 35 heavy (non-hydrogen) atoms. The monoisotopic (exact) mass is 488 g/mol. The highest BCUT2D eigenvalue weighted by Crippen LogP contribution is 2.33. The first-order valence-electron chi connectivity index (χ1n) is 11.1. The van der Waals surface area contributed by atoms with E-state index >= 15 is 0 Å². The maximum absolute atomic E-state index is 13.2. The van der Waals surface area contributed by atoms with Crippen LogP contribution in [0.4, 0.5) is 13.2 Å².